The summed E-state index contributed by atoms with van der Waals surface area (Å²) in [7, 11) is 0. The molecule has 0 atom stereocenters. The molecule has 0 bridgehead atoms. The van der Waals surface area contributed by atoms with Gasteiger partial charge in [0, 0.05) is 17.8 Å². The maximum atomic E-state index is 12.5. The topological polar surface area (TPSA) is 69.0 Å². The number of para-hydroxylation sites is 1. The van der Waals surface area contributed by atoms with Gasteiger partial charge in [-0.2, -0.15) is 5.10 Å². The Morgan fingerprint density at radius 3 is 2.45 bits per heavy atom. The molecule has 0 aliphatic rings. The molecule has 4 aromatic rings. The number of nitrogens with one attached hydrogen (secondary N) is 1. The van der Waals surface area contributed by atoms with Crippen LogP contribution in [0.3, 0.4) is 0 Å². The van der Waals surface area contributed by atoms with Crippen molar-refractivity contribution in [1.82, 2.24) is 14.8 Å². The third-order valence-electron chi connectivity index (χ3n) is 4.13. The second-order valence-electron chi connectivity index (χ2n) is 6.16. The molecule has 0 saturated heterocycles. The molecule has 0 fully saturated rings. The largest absolute Gasteiger partial charge is 0.481 e. The molecule has 0 radical (unpaired) electrons. The van der Waals surface area contributed by atoms with E-state index in [4.69, 9.17) is 16.3 Å². The summed E-state index contributed by atoms with van der Waals surface area (Å²) in [4.78, 5) is 16.4. The van der Waals surface area contributed by atoms with Gasteiger partial charge in [-0.05, 0) is 24.3 Å². The molecule has 1 amide bonds. The first-order chi connectivity index (χ1) is 14.2. The molecule has 7 heteroatoms. The van der Waals surface area contributed by atoms with Gasteiger partial charge in [0.15, 0.2) is 17.5 Å². The quantitative estimate of drug-likeness (QED) is 0.476. The number of carbonyl (C=O) groups excluding carboxylic acids is 1. The number of aromatic nitrogens is 3. The summed E-state index contributed by atoms with van der Waals surface area (Å²) in [5.74, 6) is 0.563. The number of amides is 1. The summed E-state index contributed by atoms with van der Waals surface area (Å²) in [6.45, 7) is -0.202. The van der Waals surface area contributed by atoms with Crippen molar-refractivity contribution in [2.45, 2.75) is 0 Å². The molecule has 2 heterocycles. The van der Waals surface area contributed by atoms with E-state index < -0.39 is 0 Å². The van der Waals surface area contributed by atoms with Gasteiger partial charge in [0.25, 0.3) is 5.91 Å². The number of halogens is 1. The first kappa shape index (κ1) is 18.7. The standard InChI is InChI=1S/C22H17ClN4O2/c23-22-19(12-7-13-24-22)29-15-21(28)25-20-14-18(16-8-3-1-4-9-16)26-27(20)17-10-5-2-6-11-17/h1-14H,15H2,(H,25,28). The molecule has 0 aliphatic heterocycles. The summed E-state index contributed by atoms with van der Waals surface area (Å²) in [5, 5.41) is 7.74. The molecular weight excluding hydrogens is 388 g/mol. The van der Waals surface area contributed by atoms with Crippen molar-refractivity contribution in [3.8, 4) is 22.7 Å². The molecule has 0 saturated carbocycles. The number of hydrogen-bond acceptors (Lipinski definition) is 4. The highest BCUT2D eigenvalue weighted by Gasteiger charge is 2.14. The van der Waals surface area contributed by atoms with Crippen LogP contribution in [0.2, 0.25) is 5.15 Å². The molecule has 29 heavy (non-hydrogen) atoms. The molecule has 1 N–H and O–H groups in total. The van der Waals surface area contributed by atoms with Gasteiger partial charge in [0.1, 0.15) is 5.82 Å². The van der Waals surface area contributed by atoms with Gasteiger partial charge in [0.2, 0.25) is 0 Å². The monoisotopic (exact) mass is 404 g/mol. The summed E-state index contributed by atoms with van der Waals surface area (Å²) >= 11 is 5.96. The lowest BCUT2D eigenvalue weighted by Gasteiger charge is -2.10. The number of carbonyl (C=O) groups is 1. The lowest BCUT2D eigenvalue weighted by atomic mass is 10.2. The van der Waals surface area contributed by atoms with Crippen molar-refractivity contribution in [1.29, 1.82) is 0 Å². The Morgan fingerprint density at radius 1 is 1.00 bits per heavy atom. The fourth-order valence-corrected chi connectivity index (χ4v) is 2.96. The Morgan fingerprint density at radius 2 is 1.72 bits per heavy atom. The van der Waals surface area contributed by atoms with Gasteiger partial charge in [-0.3, -0.25) is 4.79 Å². The van der Waals surface area contributed by atoms with E-state index in [9.17, 15) is 4.79 Å². The van der Waals surface area contributed by atoms with Crippen LogP contribution in [0.5, 0.6) is 5.75 Å². The fourth-order valence-electron chi connectivity index (χ4n) is 2.79. The number of ether oxygens (including phenoxy) is 1. The minimum absolute atomic E-state index is 0.202. The predicted octanol–water partition coefficient (Wildman–Crippen LogP) is 4.61. The summed E-state index contributed by atoms with van der Waals surface area (Å²) in [6, 6.07) is 24.5. The van der Waals surface area contributed by atoms with E-state index in [1.807, 2.05) is 66.7 Å². The second kappa shape index (κ2) is 8.58. The van der Waals surface area contributed by atoms with Crippen LogP contribution >= 0.6 is 11.6 Å². The van der Waals surface area contributed by atoms with Crippen molar-refractivity contribution < 1.29 is 9.53 Å². The van der Waals surface area contributed by atoms with Gasteiger partial charge in [-0.15, -0.1) is 0 Å². The van der Waals surface area contributed by atoms with Crippen LogP contribution < -0.4 is 10.1 Å². The number of hydrogen-bond donors (Lipinski definition) is 1. The molecular formula is C22H17ClN4O2. The maximum absolute atomic E-state index is 12.5. The predicted molar refractivity (Wildman–Crippen MR) is 112 cm³/mol. The lowest BCUT2D eigenvalue weighted by Crippen LogP contribution is -2.22. The van der Waals surface area contributed by atoms with Crippen molar-refractivity contribution in [3.05, 3.63) is 90.2 Å². The van der Waals surface area contributed by atoms with Gasteiger partial charge in [-0.1, -0.05) is 60.1 Å². The lowest BCUT2D eigenvalue weighted by molar-refractivity contribution is -0.118. The van der Waals surface area contributed by atoms with E-state index in [0.29, 0.717) is 11.6 Å². The third kappa shape index (κ3) is 4.44. The van der Waals surface area contributed by atoms with Gasteiger partial charge < -0.3 is 10.1 Å². The van der Waals surface area contributed by atoms with Crippen LogP contribution in [-0.2, 0) is 4.79 Å². The van der Waals surface area contributed by atoms with Gasteiger partial charge in [-0.25, -0.2) is 9.67 Å². The number of anilines is 1. The Balaban J connectivity index is 1.57. The normalized spacial score (nSPS) is 10.5. The number of benzene rings is 2. The summed E-state index contributed by atoms with van der Waals surface area (Å²) in [5.41, 5.74) is 2.54. The van der Waals surface area contributed by atoms with Crippen LogP contribution in [0.1, 0.15) is 0 Å². The molecule has 2 aromatic carbocycles. The minimum atomic E-state index is -0.332. The first-order valence-electron chi connectivity index (χ1n) is 8.95. The van der Waals surface area contributed by atoms with Crippen molar-refractivity contribution in [2.24, 2.45) is 0 Å². The van der Waals surface area contributed by atoms with E-state index >= 15 is 0 Å². The Bertz CT molecular complexity index is 1110. The van der Waals surface area contributed by atoms with Gasteiger partial charge in [0.05, 0.1) is 11.4 Å². The van der Waals surface area contributed by atoms with E-state index in [2.05, 4.69) is 15.4 Å². The molecule has 0 spiro atoms. The average Bonchev–Trinajstić information content (AvgIpc) is 3.18. The molecule has 2 aromatic heterocycles. The average molecular weight is 405 g/mol. The van der Waals surface area contributed by atoms with Crippen LogP contribution in [0, 0.1) is 0 Å². The SMILES string of the molecule is O=C(COc1cccnc1Cl)Nc1cc(-c2ccccc2)nn1-c1ccccc1. The van der Waals surface area contributed by atoms with E-state index in [1.165, 1.54) is 0 Å². The highest BCUT2D eigenvalue weighted by molar-refractivity contribution is 6.30. The number of pyridine rings is 1. The molecule has 6 nitrogen and oxygen atoms in total. The Labute approximate surface area is 172 Å². The van der Waals surface area contributed by atoms with Crippen LogP contribution in [0.15, 0.2) is 85.1 Å². The molecule has 4 rings (SSSR count). The number of nitrogens with zero attached hydrogens (tertiary/aromatic N) is 3. The smallest absolute Gasteiger partial charge is 0.263 e. The molecule has 144 valence electrons. The highest BCUT2D eigenvalue weighted by Crippen LogP contribution is 2.25. The Hall–Kier alpha value is -3.64. The van der Waals surface area contributed by atoms with Crippen LogP contribution in [-0.4, -0.2) is 27.3 Å². The molecule has 0 aliphatic carbocycles. The van der Waals surface area contributed by atoms with Gasteiger partial charge >= 0.3 is 0 Å². The fraction of sp³-hybridized carbons (Fsp3) is 0.0455. The Kier molecular flexibility index (Phi) is 5.54. The molecule has 0 unspecified atom stereocenters. The number of rotatable bonds is 6. The zero-order chi connectivity index (χ0) is 20.1. The second-order valence-corrected chi connectivity index (χ2v) is 6.52. The highest BCUT2D eigenvalue weighted by atomic mass is 35.5. The zero-order valence-electron chi connectivity index (χ0n) is 15.3. The maximum Gasteiger partial charge on any atom is 0.263 e. The van der Waals surface area contributed by atoms with Crippen molar-refractivity contribution in [2.75, 3.05) is 11.9 Å². The van der Waals surface area contributed by atoms with Crippen molar-refractivity contribution in [3.63, 3.8) is 0 Å². The van der Waals surface area contributed by atoms with E-state index in [0.717, 1.165) is 16.9 Å². The van der Waals surface area contributed by atoms with E-state index in [1.54, 1.807) is 23.0 Å². The van der Waals surface area contributed by atoms with Crippen molar-refractivity contribution >= 4 is 23.3 Å². The first-order valence-corrected chi connectivity index (χ1v) is 9.32. The third-order valence-corrected chi connectivity index (χ3v) is 4.41. The summed E-state index contributed by atoms with van der Waals surface area (Å²) in [6.07, 6.45) is 1.55. The zero-order valence-corrected chi connectivity index (χ0v) is 16.1. The van der Waals surface area contributed by atoms with E-state index in [-0.39, 0.29) is 17.7 Å². The summed E-state index contributed by atoms with van der Waals surface area (Å²) < 4.78 is 7.16. The van der Waals surface area contributed by atoms with Crippen LogP contribution in [0.25, 0.3) is 16.9 Å². The van der Waals surface area contributed by atoms with Crippen LogP contribution in [0.4, 0.5) is 5.82 Å². The minimum Gasteiger partial charge on any atom is -0.481 e.